The van der Waals surface area contributed by atoms with Gasteiger partial charge in [-0.2, -0.15) is 11.3 Å². The summed E-state index contributed by atoms with van der Waals surface area (Å²) in [5.41, 5.74) is 6.56. The van der Waals surface area contributed by atoms with Crippen LogP contribution in [0.3, 0.4) is 0 Å². The maximum atomic E-state index is 13.7. The van der Waals surface area contributed by atoms with Gasteiger partial charge in [-0.25, -0.2) is 17.5 Å². The zero-order valence-corrected chi connectivity index (χ0v) is 12.8. The fourth-order valence-corrected chi connectivity index (χ4v) is 3.49. The summed E-state index contributed by atoms with van der Waals surface area (Å²) < 4.78 is 40.3. The van der Waals surface area contributed by atoms with Gasteiger partial charge in [0.25, 0.3) is 0 Å². The number of thiophene rings is 1. The lowest BCUT2D eigenvalue weighted by Gasteiger charge is -2.08. The van der Waals surface area contributed by atoms with Gasteiger partial charge in [-0.05, 0) is 50.5 Å². The van der Waals surface area contributed by atoms with Gasteiger partial charge in [0.15, 0.2) is 0 Å². The highest BCUT2D eigenvalue weighted by molar-refractivity contribution is 9.10. The minimum absolute atomic E-state index is 0.112. The minimum atomic E-state index is -3.93. The van der Waals surface area contributed by atoms with Crippen LogP contribution in [0.2, 0.25) is 0 Å². The molecule has 8 heteroatoms. The van der Waals surface area contributed by atoms with Crippen molar-refractivity contribution in [1.29, 1.82) is 0 Å². The van der Waals surface area contributed by atoms with Gasteiger partial charge in [-0.15, -0.1) is 0 Å². The van der Waals surface area contributed by atoms with E-state index in [9.17, 15) is 12.8 Å². The lowest BCUT2D eigenvalue weighted by molar-refractivity contribution is 0.556. The van der Waals surface area contributed by atoms with E-state index in [1.807, 2.05) is 10.8 Å². The molecule has 0 spiro atoms. The van der Waals surface area contributed by atoms with Crippen LogP contribution in [0.1, 0.15) is 5.56 Å². The van der Waals surface area contributed by atoms with Crippen molar-refractivity contribution in [2.45, 2.75) is 11.4 Å². The van der Waals surface area contributed by atoms with Gasteiger partial charge in [0.05, 0.1) is 0 Å². The molecule has 0 bridgehead atoms. The van der Waals surface area contributed by atoms with E-state index in [1.54, 1.807) is 6.07 Å². The molecule has 4 nitrogen and oxygen atoms in total. The maximum Gasteiger partial charge on any atom is 0.243 e. The van der Waals surface area contributed by atoms with E-state index in [2.05, 4.69) is 20.7 Å². The molecule has 19 heavy (non-hydrogen) atoms. The second-order valence-corrected chi connectivity index (χ2v) is 7.13. The van der Waals surface area contributed by atoms with Crippen LogP contribution >= 0.6 is 27.3 Å². The van der Waals surface area contributed by atoms with Crippen molar-refractivity contribution >= 4 is 43.0 Å². The van der Waals surface area contributed by atoms with E-state index in [0.29, 0.717) is 4.47 Å². The molecular weight excluding hydrogens is 355 g/mol. The molecular formula is C11H10BrFN2O2S2. The number of benzene rings is 1. The van der Waals surface area contributed by atoms with Crippen LogP contribution in [0.4, 0.5) is 10.1 Å². The molecule has 3 N–H and O–H groups in total. The number of halogens is 2. The molecule has 0 atom stereocenters. The summed E-state index contributed by atoms with van der Waals surface area (Å²) in [5.74, 6) is -0.848. The number of nitrogens with one attached hydrogen (secondary N) is 1. The summed E-state index contributed by atoms with van der Waals surface area (Å²) in [7, 11) is -3.93. The Labute approximate surface area is 122 Å². The molecule has 0 aliphatic heterocycles. The Balaban J connectivity index is 2.27. The van der Waals surface area contributed by atoms with Crippen molar-refractivity contribution in [3.63, 3.8) is 0 Å². The fraction of sp³-hybridized carbons (Fsp3) is 0.0909. The Hall–Kier alpha value is -0.960. The Morgan fingerprint density at radius 1 is 1.42 bits per heavy atom. The third-order valence-corrected chi connectivity index (χ3v) is 5.22. The smallest absolute Gasteiger partial charge is 0.243 e. The molecule has 1 aromatic heterocycles. The first-order chi connectivity index (χ1) is 8.90. The zero-order chi connectivity index (χ0) is 14.0. The molecule has 102 valence electrons. The topological polar surface area (TPSA) is 72.2 Å². The van der Waals surface area contributed by atoms with Crippen LogP contribution < -0.4 is 10.5 Å². The third-order valence-electron chi connectivity index (χ3n) is 2.39. The normalized spacial score (nSPS) is 11.7. The number of anilines is 1. The van der Waals surface area contributed by atoms with Gasteiger partial charge in [0.2, 0.25) is 10.0 Å². The summed E-state index contributed by atoms with van der Waals surface area (Å²) in [4.78, 5) is -0.455. The first-order valence-electron chi connectivity index (χ1n) is 5.15. The van der Waals surface area contributed by atoms with Crippen LogP contribution in [0, 0.1) is 5.82 Å². The Morgan fingerprint density at radius 2 is 2.16 bits per heavy atom. The van der Waals surface area contributed by atoms with Crippen LogP contribution in [0.5, 0.6) is 0 Å². The lowest BCUT2D eigenvalue weighted by Crippen LogP contribution is -2.24. The molecule has 1 heterocycles. The number of rotatable bonds is 4. The predicted octanol–water partition coefficient (Wildman–Crippen LogP) is 2.71. The number of nitrogen functional groups attached to an aromatic ring is 1. The van der Waals surface area contributed by atoms with Gasteiger partial charge in [0.1, 0.15) is 10.7 Å². The molecule has 0 aliphatic carbocycles. The van der Waals surface area contributed by atoms with Crippen LogP contribution in [0.25, 0.3) is 0 Å². The number of nitrogens with two attached hydrogens (primary N) is 1. The van der Waals surface area contributed by atoms with E-state index in [-0.39, 0.29) is 12.2 Å². The first kappa shape index (κ1) is 14.4. The van der Waals surface area contributed by atoms with Gasteiger partial charge >= 0.3 is 0 Å². The Kier molecular flexibility index (Phi) is 4.24. The van der Waals surface area contributed by atoms with Crippen molar-refractivity contribution < 1.29 is 12.8 Å². The zero-order valence-electron chi connectivity index (χ0n) is 9.56. The average molecular weight is 365 g/mol. The molecule has 0 amide bonds. The van der Waals surface area contributed by atoms with E-state index in [0.717, 1.165) is 17.7 Å². The average Bonchev–Trinajstić information content (AvgIpc) is 2.84. The highest BCUT2D eigenvalue weighted by Crippen LogP contribution is 2.26. The van der Waals surface area contributed by atoms with Crippen LogP contribution in [-0.2, 0) is 16.6 Å². The molecule has 2 rings (SSSR count). The highest BCUT2D eigenvalue weighted by Gasteiger charge is 2.20. The summed E-state index contributed by atoms with van der Waals surface area (Å²) in [6.45, 7) is 0.112. The molecule has 0 aliphatic rings. The van der Waals surface area contributed by atoms with Crippen molar-refractivity contribution in [3.8, 4) is 0 Å². The van der Waals surface area contributed by atoms with Gasteiger partial charge in [-0.1, -0.05) is 0 Å². The van der Waals surface area contributed by atoms with Crippen LogP contribution in [-0.4, -0.2) is 8.42 Å². The minimum Gasteiger partial charge on any atom is -0.398 e. The fourth-order valence-electron chi connectivity index (χ4n) is 1.40. The number of hydrogen-bond donors (Lipinski definition) is 2. The molecule has 1 aromatic carbocycles. The molecule has 0 saturated heterocycles. The lowest BCUT2D eigenvalue weighted by atomic mass is 10.3. The number of sulfonamides is 1. The monoisotopic (exact) mass is 364 g/mol. The van der Waals surface area contributed by atoms with E-state index in [1.165, 1.54) is 11.3 Å². The van der Waals surface area contributed by atoms with Crippen molar-refractivity contribution in [1.82, 2.24) is 4.72 Å². The van der Waals surface area contributed by atoms with Crippen molar-refractivity contribution in [2.75, 3.05) is 5.73 Å². The van der Waals surface area contributed by atoms with Crippen molar-refractivity contribution in [3.05, 3.63) is 44.8 Å². The van der Waals surface area contributed by atoms with Crippen LogP contribution in [0.15, 0.2) is 38.3 Å². The van der Waals surface area contributed by atoms with Gasteiger partial charge < -0.3 is 5.73 Å². The molecule has 0 saturated carbocycles. The highest BCUT2D eigenvalue weighted by atomic mass is 79.9. The standard InChI is InChI=1S/C11H10BrFN2O2S2/c12-8-3-9(13)11(4-10(8)14)19(16,17)15-5-7-1-2-18-6-7/h1-4,6,15H,5,14H2. The second-order valence-electron chi connectivity index (χ2n) is 3.76. The number of hydrogen-bond acceptors (Lipinski definition) is 4. The Bertz CT molecular complexity index is 687. The molecule has 2 aromatic rings. The predicted molar refractivity (Wildman–Crippen MR) is 76.9 cm³/mol. The summed E-state index contributed by atoms with van der Waals surface area (Å²) in [5, 5.41) is 3.65. The quantitative estimate of drug-likeness (QED) is 0.819. The summed E-state index contributed by atoms with van der Waals surface area (Å²) in [6, 6.07) is 3.92. The van der Waals surface area contributed by atoms with E-state index < -0.39 is 20.7 Å². The molecule has 0 unspecified atom stereocenters. The van der Waals surface area contributed by atoms with Crippen molar-refractivity contribution in [2.24, 2.45) is 0 Å². The molecule has 0 fully saturated rings. The first-order valence-corrected chi connectivity index (χ1v) is 8.37. The van der Waals surface area contributed by atoms with E-state index in [4.69, 9.17) is 5.73 Å². The Morgan fingerprint density at radius 3 is 2.79 bits per heavy atom. The maximum absolute atomic E-state index is 13.7. The SMILES string of the molecule is Nc1cc(S(=O)(=O)NCc2ccsc2)c(F)cc1Br. The summed E-state index contributed by atoms with van der Waals surface area (Å²) >= 11 is 4.50. The third kappa shape index (κ3) is 3.33. The van der Waals surface area contributed by atoms with Gasteiger partial charge in [0, 0.05) is 16.7 Å². The molecule has 0 radical (unpaired) electrons. The van der Waals surface area contributed by atoms with Gasteiger partial charge in [-0.3, -0.25) is 0 Å². The largest absolute Gasteiger partial charge is 0.398 e. The van der Waals surface area contributed by atoms with E-state index >= 15 is 0 Å². The summed E-state index contributed by atoms with van der Waals surface area (Å²) in [6.07, 6.45) is 0. The second kappa shape index (κ2) is 5.58.